The first-order valence-corrected chi connectivity index (χ1v) is 10.6. The van der Waals surface area contributed by atoms with Crippen molar-refractivity contribution in [1.29, 1.82) is 0 Å². The molecule has 1 aliphatic carbocycles. The molecule has 1 aliphatic rings. The first kappa shape index (κ1) is 16.8. The summed E-state index contributed by atoms with van der Waals surface area (Å²) < 4.78 is 29.1. The van der Waals surface area contributed by atoms with Gasteiger partial charge < -0.3 is 0 Å². The van der Waals surface area contributed by atoms with E-state index >= 15 is 0 Å². The highest BCUT2D eigenvalue weighted by molar-refractivity contribution is 9.11. The van der Waals surface area contributed by atoms with Gasteiger partial charge in [-0.25, -0.2) is 13.1 Å². The Labute approximate surface area is 141 Å². The van der Waals surface area contributed by atoms with Gasteiger partial charge in [0.1, 0.15) is 0 Å². The summed E-state index contributed by atoms with van der Waals surface area (Å²) in [6, 6.07) is 3.46. The van der Waals surface area contributed by atoms with E-state index in [2.05, 4.69) is 36.6 Å². The molecule has 2 rings (SSSR count). The number of thioether (sulfide) groups is 1. The fourth-order valence-electron chi connectivity index (χ4n) is 2.16. The monoisotopic (exact) mass is 441 g/mol. The van der Waals surface area contributed by atoms with Crippen molar-refractivity contribution < 1.29 is 8.42 Å². The third-order valence-electron chi connectivity index (χ3n) is 3.78. The van der Waals surface area contributed by atoms with Crippen LogP contribution in [-0.4, -0.2) is 26.0 Å². The molecule has 0 bridgehead atoms. The Kier molecular flexibility index (Phi) is 5.28. The van der Waals surface area contributed by atoms with E-state index in [4.69, 9.17) is 0 Å². The molecule has 1 aromatic carbocycles. The van der Waals surface area contributed by atoms with E-state index in [1.54, 1.807) is 17.8 Å². The zero-order chi connectivity index (χ0) is 15.0. The topological polar surface area (TPSA) is 46.2 Å². The fraction of sp³-hybridized carbons (Fsp3) is 0.538. The second kappa shape index (κ2) is 6.28. The van der Waals surface area contributed by atoms with Crippen LogP contribution in [0.1, 0.15) is 24.8 Å². The Morgan fingerprint density at radius 3 is 2.45 bits per heavy atom. The third-order valence-corrected chi connectivity index (χ3v) is 8.42. The normalized spacial score (nSPS) is 17.8. The van der Waals surface area contributed by atoms with E-state index in [1.165, 1.54) is 6.42 Å². The molecule has 0 unspecified atom stereocenters. The second-order valence-corrected chi connectivity index (χ2v) is 9.82. The minimum Gasteiger partial charge on any atom is -0.210 e. The van der Waals surface area contributed by atoms with Crippen LogP contribution in [0.4, 0.5) is 0 Å². The second-order valence-electron chi connectivity index (χ2n) is 5.10. The average molecular weight is 443 g/mol. The highest BCUT2D eigenvalue weighted by atomic mass is 79.9. The molecular weight excluding hydrogens is 426 g/mol. The van der Waals surface area contributed by atoms with Gasteiger partial charge in [-0.15, -0.1) is 0 Å². The van der Waals surface area contributed by atoms with Gasteiger partial charge in [0.25, 0.3) is 0 Å². The number of aryl methyl sites for hydroxylation is 1. The molecule has 0 spiro atoms. The summed E-state index contributed by atoms with van der Waals surface area (Å²) in [7, 11) is -3.49. The van der Waals surface area contributed by atoms with Crippen molar-refractivity contribution in [3.8, 4) is 0 Å². The summed E-state index contributed by atoms with van der Waals surface area (Å²) in [5, 5.41) is 0. The molecule has 0 amide bonds. The minimum absolute atomic E-state index is 0.0848. The molecule has 1 N–H and O–H groups in total. The van der Waals surface area contributed by atoms with Gasteiger partial charge >= 0.3 is 0 Å². The van der Waals surface area contributed by atoms with E-state index in [0.29, 0.717) is 11.0 Å². The molecule has 0 aromatic heterocycles. The largest absolute Gasteiger partial charge is 0.241 e. The van der Waals surface area contributed by atoms with Crippen LogP contribution in [0.3, 0.4) is 0 Å². The predicted octanol–water partition coefficient (Wildman–Crippen LogP) is 4.08. The number of nitrogens with one attached hydrogen (secondary N) is 1. The van der Waals surface area contributed by atoms with Gasteiger partial charge in [0.05, 0.1) is 4.90 Å². The van der Waals surface area contributed by atoms with Gasteiger partial charge in [0.2, 0.25) is 10.0 Å². The first-order chi connectivity index (χ1) is 9.30. The number of rotatable bonds is 5. The molecule has 3 nitrogen and oxygen atoms in total. The minimum atomic E-state index is -3.49. The van der Waals surface area contributed by atoms with Crippen molar-refractivity contribution in [3.63, 3.8) is 0 Å². The molecule has 1 aromatic rings. The van der Waals surface area contributed by atoms with Crippen LogP contribution in [0.2, 0.25) is 0 Å². The predicted molar refractivity (Wildman–Crippen MR) is 91.9 cm³/mol. The zero-order valence-electron chi connectivity index (χ0n) is 11.4. The number of hydrogen-bond acceptors (Lipinski definition) is 3. The van der Waals surface area contributed by atoms with Crippen molar-refractivity contribution in [3.05, 3.63) is 26.6 Å². The van der Waals surface area contributed by atoms with Gasteiger partial charge in [0, 0.05) is 20.2 Å². The number of sulfonamides is 1. The SMILES string of the molecule is CSC1(CNS(=O)(=O)c2cc(Br)c(C)cc2Br)CCC1. The van der Waals surface area contributed by atoms with Crippen molar-refractivity contribution >= 4 is 53.6 Å². The van der Waals surface area contributed by atoms with Crippen LogP contribution in [-0.2, 0) is 10.0 Å². The standard InChI is InChI=1S/C13H17Br2NO2S2/c1-9-6-11(15)12(7-10(9)14)20(17,18)16-8-13(19-2)4-3-5-13/h6-7,16H,3-5,8H2,1-2H3. The molecule has 0 aliphatic heterocycles. The maximum atomic E-state index is 12.4. The van der Waals surface area contributed by atoms with Crippen LogP contribution < -0.4 is 4.72 Å². The van der Waals surface area contributed by atoms with E-state index in [-0.39, 0.29) is 9.64 Å². The third kappa shape index (κ3) is 3.43. The van der Waals surface area contributed by atoms with Crippen LogP contribution in [0.15, 0.2) is 26.0 Å². The lowest BCUT2D eigenvalue weighted by molar-refractivity contribution is 0.362. The van der Waals surface area contributed by atoms with Gasteiger partial charge in [-0.05, 0) is 59.6 Å². The lowest BCUT2D eigenvalue weighted by atomic mass is 9.84. The maximum absolute atomic E-state index is 12.4. The lowest BCUT2D eigenvalue weighted by Gasteiger charge is -2.40. The van der Waals surface area contributed by atoms with Gasteiger partial charge in [-0.2, -0.15) is 11.8 Å². The summed E-state index contributed by atoms with van der Waals surface area (Å²) in [6.07, 6.45) is 5.39. The summed E-state index contributed by atoms with van der Waals surface area (Å²) in [6.45, 7) is 2.42. The van der Waals surface area contributed by atoms with Gasteiger partial charge in [-0.1, -0.05) is 22.4 Å². The van der Waals surface area contributed by atoms with Crippen LogP contribution in [0.25, 0.3) is 0 Å². The Bertz CT molecular complexity index is 608. The molecular formula is C13H17Br2NO2S2. The average Bonchev–Trinajstić information content (AvgIpc) is 2.32. The smallest absolute Gasteiger partial charge is 0.210 e. The zero-order valence-corrected chi connectivity index (χ0v) is 16.2. The Morgan fingerprint density at radius 1 is 1.30 bits per heavy atom. The summed E-state index contributed by atoms with van der Waals surface area (Å²) in [5.74, 6) is 0. The number of hydrogen-bond donors (Lipinski definition) is 1. The molecule has 0 radical (unpaired) electrons. The van der Waals surface area contributed by atoms with Gasteiger partial charge in [0.15, 0.2) is 0 Å². The molecule has 1 saturated carbocycles. The Hall–Kier alpha value is 0.440. The van der Waals surface area contributed by atoms with Crippen molar-refractivity contribution in [1.82, 2.24) is 4.72 Å². The lowest BCUT2D eigenvalue weighted by Crippen LogP contribution is -2.45. The van der Waals surface area contributed by atoms with Crippen LogP contribution in [0.5, 0.6) is 0 Å². The Balaban J connectivity index is 2.20. The Morgan fingerprint density at radius 2 is 1.95 bits per heavy atom. The molecule has 1 fully saturated rings. The van der Waals surface area contributed by atoms with Gasteiger partial charge in [-0.3, -0.25) is 0 Å². The summed E-state index contributed by atoms with van der Waals surface area (Å²) in [4.78, 5) is 0.283. The van der Waals surface area contributed by atoms with Crippen LogP contribution >= 0.6 is 43.6 Å². The highest BCUT2D eigenvalue weighted by Crippen LogP contribution is 2.42. The summed E-state index contributed by atoms with van der Waals surface area (Å²) >= 11 is 8.48. The van der Waals surface area contributed by atoms with Crippen LogP contribution in [0, 0.1) is 6.92 Å². The number of benzene rings is 1. The van der Waals surface area contributed by atoms with E-state index in [9.17, 15) is 8.42 Å². The molecule has 0 heterocycles. The summed E-state index contributed by atoms with van der Waals surface area (Å²) in [5.41, 5.74) is 0.996. The molecule has 0 saturated heterocycles. The molecule has 7 heteroatoms. The molecule has 20 heavy (non-hydrogen) atoms. The number of halogens is 2. The van der Waals surface area contributed by atoms with Crippen molar-refractivity contribution in [2.24, 2.45) is 0 Å². The van der Waals surface area contributed by atoms with Crippen molar-refractivity contribution in [2.75, 3.05) is 12.8 Å². The van der Waals surface area contributed by atoms with E-state index in [1.807, 2.05) is 19.2 Å². The quantitative estimate of drug-likeness (QED) is 0.746. The van der Waals surface area contributed by atoms with E-state index < -0.39 is 10.0 Å². The highest BCUT2D eigenvalue weighted by Gasteiger charge is 2.37. The first-order valence-electron chi connectivity index (χ1n) is 6.30. The molecule has 0 atom stereocenters. The maximum Gasteiger partial charge on any atom is 0.241 e. The van der Waals surface area contributed by atoms with Crippen molar-refractivity contribution in [2.45, 2.75) is 35.8 Å². The van der Waals surface area contributed by atoms with E-state index in [0.717, 1.165) is 22.9 Å². The fourth-order valence-corrected chi connectivity index (χ4v) is 5.97. The molecule has 112 valence electrons.